The molecule has 0 aromatic carbocycles. The van der Waals surface area contributed by atoms with Gasteiger partial charge < -0.3 is 9.38 Å². The van der Waals surface area contributed by atoms with Crippen molar-refractivity contribution >= 4 is 5.91 Å². The van der Waals surface area contributed by atoms with Gasteiger partial charge in [0.2, 0.25) is 5.91 Å². The number of piperidine rings is 1. The van der Waals surface area contributed by atoms with Gasteiger partial charge in [-0.3, -0.25) is 4.79 Å². The van der Waals surface area contributed by atoms with Gasteiger partial charge in [0, 0.05) is 25.8 Å². The van der Waals surface area contributed by atoms with E-state index in [4.69, 9.17) is 0 Å². The van der Waals surface area contributed by atoms with E-state index in [1.807, 2.05) is 0 Å². The van der Waals surface area contributed by atoms with Gasteiger partial charge in [-0.05, 0) is 13.8 Å². The first-order chi connectivity index (χ1) is 7.05. The van der Waals surface area contributed by atoms with Crippen LogP contribution in [0.5, 0.6) is 0 Å². The van der Waals surface area contributed by atoms with Crippen LogP contribution in [0.1, 0.15) is 33.6 Å². The fourth-order valence-electron chi connectivity index (χ4n) is 3.28. The molecule has 0 unspecified atom stereocenters. The zero-order chi connectivity index (χ0) is 11.1. The summed E-state index contributed by atoms with van der Waals surface area (Å²) in [6.45, 7) is 11.0. The van der Waals surface area contributed by atoms with Crippen LogP contribution in [0, 0.1) is 0 Å². The summed E-state index contributed by atoms with van der Waals surface area (Å²) in [4.78, 5) is 13.6. The summed E-state index contributed by atoms with van der Waals surface area (Å²) in [7, 11) is 0. The van der Waals surface area contributed by atoms with Crippen molar-refractivity contribution in [2.75, 3.05) is 26.2 Å². The Morgan fingerprint density at radius 3 is 2.33 bits per heavy atom. The molecule has 3 nitrogen and oxygen atoms in total. The van der Waals surface area contributed by atoms with Crippen molar-refractivity contribution in [3.8, 4) is 0 Å². The summed E-state index contributed by atoms with van der Waals surface area (Å²) in [6, 6.07) is 1.24. The molecule has 0 aromatic rings. The van der Waals surface area contributed by atoms with Gasteiger partial charge in [0.1, 0.15) is 0 Å². The zero-order valence-corrected chi connectivity index (χ0v) is 10.2. The lowest BCUT2D eigenvalue weighted by molar-refractivity contribution is -0.948. The summed E-state index contributed by atoms with van der Waals surface area (Å²) in [5.74, 6) is 0.269. The molecular formula is C12H23N2O+. The number of rotatable bonds is 1. The van der Waals surface area contributed by atoms with E-state index in [1.54, 1.807) is 6.92 Å². The standard InChI is InChI=1S/C12H23N2O/c1-10(2)14-7-4-12(5-8-14)13(6-9-14)11(3)15/h10,12H,4-9H2,1-3H3/q+1. The smallest absolute Gasteiger partial charge is 0.219 e. The maximum atomic E-state index is 11.5. The molecule has 3 heterocycles. The summed E-state index contributed by atoms with van der Waals surface area (Å²) in [6.07, 6.45) is 2.41. The van der Waals surface area contributed by atoms with E-state index < -0.39 is 0 Å². The number of quaternary nitrogens is 1. The van der Waals surface area contributed by atoms with Gasteiger partial charge in [-0.1, -0.05) is 0 Å². The summed E-state index contributed by atoms with van der Waals surface area (Å²) in [5, 5.41) is 0. The fourth-order valence-corrected chi connectivity index (χ4v) is 3.28. The van der Waals surface area contributed by atoms with E-state index in [9.17, 15) is 4.79 Å². The highest BCUT2D eigenvalue weighted by Crippen LogP contribution is 2.29. The van der Waals surface area contributed by atoms with Gasteiger partial charge in [-0.25, -0.2) is 0 Å². The van der Waals surface area contributed by atoms with Crippen LogP contribution in [0.25, 0.3) is 0 Å². The molecule has 0 radical (unpaired) electrons. The van der Waals surface area contributed by atoms with Crippen molar-refractivity contribution in [2.24, 2.45) is 0 Å². The van der Waals surface area contributed by atoms with Crippen LogP contribution in [0.4, 0.5) is 0 Å². The highest BCUT2D eigenvalue weighted by atomic mass is 16.2. The third kappa shape index (κ3) is 1.78. The Balaban J connectivity index is 2.17. The Labute approximate surface area is 92.6 Å². The maximum Gasteiger partial charge on any atom is 0.219 e. The van der Waals surface area contributed by atoms with Crippen molar-refractivity contribution in [2.45, 2.75) is 45.7 Å². The van der Waals surface area contributed by atoms with Gasteiger partial charge in [0.15, 0.2) is 0 Å². The topological polar surface area (TPSA) is 20.3 Å². The lowest BCUT2D eigenvalue weighted by atomic mass is 10.0. The number of amides is 1. The van der Waals surface area contributed by atoms with E-state index >= 15 is 0 Å². The van der Waals surface area contributed by atoms with Crippen molar-refractivity contribution < 1.29 is 9.28 Å². The number of fused-ring (bicyclic) bond motifs is 4. The van der Waals surface area contributed by atoms with Crippen LogP contribution in [0.15, 0.2) is 0 Å². The molecule has 3 heteroatoms. The molecule has 3 aliphatic heterocycles. The quantitative estimate of drug-likeness (QED) is 0.598. The normalized spacial score (nSPS) is 35.7. The first-order valence-corrected chi connectivity index (χ1v) is 6.18. The first-order valence-electron chi connectivity index (χ1n) is 6.18. The molecular weight excluding hydrogens is 188 g/mol. The zero-order valence-electron chi connectivity index (χ0n) is 10.2. The Hall–Kier alpha value is -0.570. The molecule has 15 heavy (non-hydrogen) atoms. The van der Waals surface area contributed by atoms with Crippen molar-refractivity contribution in [3.05, 3.63) is 0 Å². The second-order valence-corrected chi connectivity index (χ2v) is 5.43. The number of hydrogen-bond donors (Lipinski definition) is 0. The Kier molecular flexibility index (Phi) is 2.75. The fraction of sp³-hybridized carbons (Fsp3) is 0.917. The van der Waals surface area contributed by atoms with E-state index in [1.165, 1.54) is 30.4 Å². The Morgan fingerprint density at radius 2 is 1.87 bits per heavy atom. The van der Waals surface area contributed by atoms with Crippen LogP contribution < -0.4 is 0 Å². The number of nitrogens with zero attached hydrogens (tertiary/aromatic N) is 2. The average Bonchev–Trinajstić information content (AvgIpc) is 2.48. The number of carbonyl (C=O) groups is 1. The molecule has 3 fully saturated rings. The lowest BCUT2D eigenvalue weighted by Crippen LogP contribution is -2.57. The van der Waals surface area contributed by atoms with Gasteiger partial charge in [0.05, 0.1) is 32.2 Å². The lowest BCUT2D eigenvalue weighted by Gasteiger charge is -2.43. The monoisotopic (exact) mass is 211 g/mol. The highest BCUT2D eigenvalue weighted by Gasteiger charge is 2.42. The van der Waals surface area contributed by atoms with Gasteiger partial charge >= 0.3 is 0 Å². The van der Waals surface area contributed by atoms with E-state index in [0.717, 1.165) is 13.1 Å². The predicted octanol–water partition coefficient (Wildman–Crippen LogP) is 1.24. The third-order valence-electron chi connectivity index (χ3n) is 4.54. The SMILES string of the molecule is CC(=O)N1CC[N+]2(C(C)C)CCC1CC2. The van der Waals surface area contributed by atoms with Crippen LogP contribution in [0.3, 0.4) is 0 Å². The van der Waals surface area contributed by atoms with Gasteiger partial charge in [-0.15, -0.1) is 0 Å². The number of hydrogen-bond acceptors (Lipinski definition) is 1. The van der Waals surface area contributed by atoms with Crippen LogP contribution in [0.2, 0.25) is 0 Å². The molecule has 0 saturated carbocycles. The van der Waals surface area contributed by atoms with Crippen LogP contribution in [-0.2, 0) is 4.79 Å². The summed E-state index contributed by atoms with van der Waals surface area (Å²) < 4.78 is 1.24. The molecule has 0 aliphatic carbocycles. The molecule has 0 N–H and O–H groups in total. The molecule has 2 bridgehead atoms. The average molecular weight is 211 g/mol. The first kappa shape index (κ1) is 10.9. The molecule has 3 rings (SSSR count). The van der Waals surface area contributed by atoms with E-state index in [-0.39, 0.29) is 5.91 Å². The predicted molar refractivity (Wildman–Crippen MR) is 60.4 cm³/mol. The van der Waals surface area contributed by atoms with Crippen molar-refractivity contribution in [1.82, 2.24) is 4.90 Å². The molecule has 3 aliphatic rings. The second-order valence-electron chi connectivity index (χ2n) is 5.43. The molecule has 0 spiro atoms. The molecule has 1 amide bonds. The molecule has 0 aromatic heterocycles. The maximum absolute atomic E-state index is 11.5. The van der Waals surface area contributed by atoms with Crippen LogP contribution >= 0.6 is 0 Å². The van der Waals surface area contributed by atoms with Crippen LogP contribution in [-0.4, -0.2) is 53.6 Å². The van der Waals surface area contributed by atoms with Gasteiger partial charge in [0.25, 0.3) is 0 Å². The second kappa shape index (κ2) is 3.78. The minimum atomic E-state index is 0.269. The van der Waals surface area contributed by atoms with Crippen molar-refractivity contribution in [3.63, 3.8) is 0 Å². The minimum absolute atomic E-state index is 0.269. The van der Waals surface area contributed by atoms with E-state index in [0.29, 0.717) is 12.1 Å². The molecule has 3 saturated heterocycles. The number of carbonyl (C=O) groups excluding carboxylic acids is 1. The molecule has 86 valence electrons. The molecule has 0 atom stereocenters. The highest BCUT2D eigenvalue weighted by molar-refractivity contribution is 5.73. The van der Waals surface area contributed by atoms with Gasteiger partial charge in [-0.2, -0.15) is 0 Å². The largest absolute Gasteiger partial charge is 0.334 e. The Morgan fingerprint density at radius 1 is 1.27 bits per heavy atom. The minimum Gasteiger partial charge on any atom is -0.334 e. The van der Waals surface area contributed by atoms with Crippen molar-refractivity contribution in [1.29, 1.82) is 0 Å². The third-order valence-corrected chi connectivity index (χ3v) is 4.54. The summed E-state index contributed by atoms with van der Waals surface area (Å²) >= 11 is 0. The van der Waals surface area contributed by atoms with E-state index in [2.05, 4.69) is 18.7 Å². The Bertz CT molecular complexity index is 254. The summed E-state index contributed by atoms with van der Waals surface area (Å²) in [5.41, 5.74) is 0.